The zero-order valence-corrected chi connectivity index (χ0v) is 12.9. The fourth-order valence-electron chi connectivity index (χ4n) is 3.59. The highest BCUT2D eigenvalue weighted by molar-refractivity contribution is 5.89. The molecule has 1 fully saturated rings. The molecule has 3 nitrogen and oxygen atoms in total. The van der Waals surface area contributed by atoms with Gasteiger partial charge >= 0.3 is 5.97 Å². The van der Waals surface area contributed by atoms with E-state index < -0.39 is 5.97 Å². The maximum absolute atomic E-state index is 11.1. The molecule has 110 valence electrons. The Morgan fingerprint density at radius 1 is 1.35 bits per heavy atom. The number of aryl methyl sites for hydroxylation is 1. The van der Waals surface area contributed by atoms with Crippen LogP contribution < -0.4 is 5.32 Å². The van der Waals surface area contributed by atoms with Gasteiger partial charge in [0.1, 0.15) is 0 Å². The van der Waals surface area contributed by atoms with Crippen LogP contribution >= 0.6 is 0 Å². The van der Waals surface area contributed by atoms with Crippen molar-refractivity contribution in [1.82, 2.24) is 0 Å². The van der Waals surface area contributed by atoms with Gasteiger partial charge in [0.15, 0.2) is 0 Å². The van der Waals surface area contributed by atoms with Gasteiger partial charge < -0.3 is 10.4 Å². The minimum atomic E-state index is -0.870. The molecule has 2 unspecified atom stereocenters. The highest BCUT2D eigenvalue weighted by Gasteiger charge is 2.32. The van der Waals surface area contributed by atoms with Crippen molar-refractivity contribution in [3.05, 3.63) is 29.3 Å². The fourth-order valence-corrected chi connectivity index (χ4v) is 3.59. The number of carbonyl (C=O) groups is 1. The van der Waals surface area contributed by atoms with Crippen LogP contribution in [0.5, 0.6) is 0 Å². The molecule has 0 bridgehead atoms. The highest BCUT2D eigenvalue weighted by atomic mass is 16.4. The van der Waals surface area contributed by atoms with Gasteiger partial charge in [0.2, 0.25) is 0 Å². The molecule has 0 aliphatic heterocycles. The Morgan fingerprint density at radius 3 is 2.65 bits per heavy atom. The summed E-state index contributed by atoms with van der Waals surface area (Å²) in [5, 5.41) is 12.7. The van der Waals surface area contributed by atoms with Crippen LogP contribution in [0.25, 0.3) is 0 Å². The lowest BCUT2D eigenvalue weighted by atomic mass is 9.70. The van der Waals surface area contributed by atoms with Crippen LogP contribution in [-0.4, -0.2) is 17.1 Å². The maximum atomic E-state index is 11.1. The molecule has 2 N–H and O–H groups in total. The van der Waals surface area contributed by atoms with Crippen LogP contribution in [0.4, 0.5) is 5.69 Å². The minimum Gasteiger partial charge on any atom is -0.478 e. The molecule has 1 aliphatic carbocycles. The van der Waals surface area contributed by atoms with Crippen molar-refractivity contribution in [2.75, 3.05) is 5.32 Å². The second-order valence-electron chi connectivity index (χ2n) is 7.09. The Hall–Kier alpha value is -1.51. The molecule has 20 heavy (non-hydrogen) atoms. The number of hydrogen-bond acceptors (Lipinski definition) is 2. The summed E-state index contributed by atoms with van der Waals surface area (Å²) in [5.41, 5.74) is 2.76. The zero-order valence-electron chi connectivity index (χ0n) is 12.9. The van der Waals surface area contributed by atoms with E-state index in [9.17, 15) is 4.79 Å². The normalized spacial score (nSPS) is 25.2. The zero-order chi connectivity index (χ0) is 14.9. The summed E-state index contributed by atoms with van der Waals surface area (Å²) >= 11 is 0. The first-order valence-electron chi connectivity index (χ1n) is 7.37. The minimum absolute atomic E-state index is 0.348. The van der Waals surface area contributed by atoms with Crippen LogP contribution in [0.1, 0.15) is 56.0 Å². The average molecular weight is 275 g/mol. The monoisotopic (exact) mass is 275 g/mol. The summed E-state index contributed by atoms with van der Waals surface area (Å²) in [4.78, 5) is 11.1. The van der Waals surface area contributed by atoms with Gasteiger partial charge in [-0.3, -0.25) is 0 Å². The third-order valence-electron chi connectivity index (χ3n) is 4.23. The van der Waals surface area contributed by atoms with Crippen molar-refractivity contribution in [3.63, 3.8) is 0 Å². The molecule has 1 aromatic rings. The van der Waals surface area contributed by atoms with Gasteiger partial charge in [-0.15, -0.1) is 0 Å². The lowest BCUT2D eigenvalue weighted by Gasteiger charge is -2.39. The fraction of sp³-hybridized carbons (Fsp3) is 0.588. The van der Waals surface area contributed by atoms with E-state index in [1.165, 1.54) is 6.42 Å². The van der Waals surface area contributed by atoms with E-state index in [2.05, 4.69) is 26.1 Å². The lowest BCUT2D eigenvalue weighted by molar-refractivity contribution is 0.0697. The largest absolute Gasteiger partial charge is 0.478 e. The van der Waals surface area contributed by atoms with Gasteiger partial charge in [-0.25, -0.2) is 4.79 Å². The van der Waals surface area contributed by atoms with Gasteiger partial charge in [-0.2, -0.15) is 0 Å². The van der Waals surface area contributed by atoms with Gasteiger partial charge in [0, 0.05) is 11.7 Å². The summed E-state index contributed by atoms with van der Waals surface area (Å²) in [6.45, 7) is 8.96. The molecule has 0 heterocycles. The smallest absolute Gasteiger partial charge is 0.335 e. The van der Waals surface area contributed by atoms with E-state index in [1.54, 1.807) is 12.1 Å². The molecule has 2 rings (SSSR count). The number of aromatic carboxylic acids is 1. The van der Waals surface area contributed by atoms with Crippen molar-refractivity contribution in [1.29, 1.82) is 0 Å². The molecule has 0 amide bonds. The van der Waals surface area contributed by atoms with E-state index >= 15 is 0 Å². The molecule has 1 aliphatic rings. The summed E-state index contributed by atoms with van der Waals surface area (Å²) in [6.07, 6.45) is 3.55. The molecule has 3 heteroatoms. The Kier molecular flexibility index (Phi) is 4.07. The number of carboxylic acid groups (broad SMARTS) is 1. The van der Waals surface area contributed by atoms with Crippen molar-refractivity contribution >= 4 is 11.7 Å². The van der Waals surface area contributed by atoms with E-state index in [4.69, 9.17) is 5.11 Å². The second-order valence-corrected chi connectivity index (χ2v) is 7.09. The Bertz CT molecular complexity index is 508. The Balaban J connectivity index is 2.17. The number of hydrogen-bond donors (Lipinski definition) is 2. The number of rotatable bonds is 3. The van der Waals surface area contributed by atoms with E-state index in [0.717, 1.165) is 24.1 Å². The molecule has 0 radical (unpaired) electrons. The Morgan fingerprint density at radius 2 is 2.05 bits per heavy atom. The molecule has 2 atom stereocenters. The van der Waals surface area contributed by atoms with Gasteiger partial charge in [-0.05, 0) is 55.2 Å². The van der Waals surface area contributed by atoms with Gasteiger partial charge in [0.05, 0.1) is 5.56 Å². The summed E-state index contributed by atoms with van der Waals surface area (Å²) in [7, 11) is 0. The van der Waals surface area contributed by atoms with Crippen LogP contribution in [-0.2, 0) is 0 Å². The number of nitrogens with one attached hydrogen (secondary N) is 1. The van der Waals surface area contributed by atoms with E-state index in [-0.39, 0.29) is 0 Å². The first kappa shape index (κ1) is 14.9. The standard InChI is InChI=1S/C17H25NO2/c1-11-7-14(10-17(3,4)9-11)18-15-8-13(16(19)20)6-5-12(15)2/h5-6,8,11,14,18H,7,9-10H2,1-4H3,(H,19,20). The molecule has 0 aromatic heterocycles. The molecule has 0 saturated heterocycles. The summed E-state index contributed by atoms with van der Waals surface area (Å²) < 4.78 is 0. The average Bonchev–Trinajstić information content (AvgIpc) is 2.28. The van der Waals surface area contributed by atoms with Crippen LogP contribution in [0, 0.1) is 18.3 Å². The molecule has 0 spiro atoms. The third-order valence-corrected chi connectivity index (χ3v) is 4.23. The summed E-state index contributed by atoms with van der Waals surface area (Å²) in [5.74, 6) is -0.162. The second kappa shape index (κ2) is 5.47. The lowest BCUT2D eigenvalue weighted by Crippen LogP contribution is -2.35. The van der Waals surface area contributed by atoms with Gasteiger partial charge in [-0.1, -0.05) is 26.8 Å². The number of carboxylic acids is 1. The SMILES string of the molecule is Cc1ccc(C(=O)O)cc1NC1CC(C)CC(C)(C)C1. The first-order chi connectivity index (χ1) is 9.27. The van der Waals surface area contributed by atoms with Crippen molar-refractivity contribution in [2.24, 2.45) is 11.3 Å². The topological polar surface area (TPSA) is 49.3 Å². The predicted octanol–water partition coefficient (Wildman–Crippen LogP) is 4.32. The third kappa shape index (κ3) is 3.53. The van der Waals surface area contributed by atoms with E-state index in [1.807, 2.05) is 13.0 Å². The van der Waals surface area contributed by atoms with Crippen molar-refractivity contribution in [2.45, 2.75) is 53.0 Å². The molecular formula is C17H25NO2. The highest BCUT2D eigenvalue weighted by Crippen LogP contribution is 2.39. The Labute approximate surface area is 121 Å². The quantitative estimate of drug-likeness (QED) is 0.863. The molecule has 1 aromatic carbocycles. The van der Waals surface area contributed by atoms with E-state index in [0.29, 0.717) is 22.9 Å². The predicted molar refractivity (Wildman–Crippen MR) is 82.3 cm³/mol. The van der Waals surface area contributed by atoms with Crippen molar-refractivity contribution in [3.8, 4) is 0 Å². The van der Waals surface area contributed by atoms with Crippen molar-refractivity contribution < 1.29 is 9.90 Å². The van der Waals surface area contributed by atoms with Crippen LogP contribution in [0.15, 0.2) is 18.2 Å². The molecule has 1 saturated carbocycles. The first-order valence-corrected chi connectivity index (χ1v) is 7.37. The van der Waals surface area contributed by atoms with Crippen LogP contribution in [0.3, 0.4) is 0 Å². The van der Waals surface area contributed by atoms with Gasteiger partial charge in [0.25, 0.3) is 0 Å². The maximum Gasteiger partial charge on any atom is 0.335 e. The van der Waals surface area contributed by atoms with Crippen LogP contribution in [0.2, 0.25) is 0 Å². The molecular weight excluding hydrogens is 250 g/mol. The number of anilines is 1. The summed E-state index contributed by atoms with van der Waals surface area (Å²) in [6, 6.07) is 5.72. The number of benzene rings is 1.